The first-order valence-corrected chi connectivity index (χ1v) is 7.07. The molecule has 0 aliphatic heterocycles. The molecule has 1 N–H and O–H groups in total. The van der Waals surface area contributed by atoms with Crippen molar-refractivity contribution in [3.05, 3.63) is 72.0 Å². The van der Waals surface area contributed by atoms with Gasteiger partial charge in [0.15, 0.2) is 0 Å². The van der Waals surface area contributed by atoms with Gasteiger partial charge in [0.2, 0.25) is 5.76 Å². The molecule has 6 heteroatoms. The van der Waals surface area contributed by atoms with Crippen LogP contribution < -0.4 is 5.32 Å². The van der Waals surface area contributed by atoms with Crippen LogP contribution in [0, 0.1) is 5.82 Å². The van der Waals surface area contributed by atoms with E-state index < -0.39 is 0 Å². The maximum absolute atomic E-state index is 13.2. The summed E-state index contributed by atoms with van der Waals surface area (Å²) in [5.74, 6) is -0.683. The highest BCUT2D eigenvalue weighted by Crippen LogP contribution is 2.20. The van der Waals surface area contributed by atoms with E-state index in [2.05, 4.69) is 15.5 Å². The minimum atomic E-state index is -0.385. The monoisotopic (exact) mass is 311 g/mol. The van der Waals surface area contributed by atoms with Crippen molar-refractivity contribution in [2.45, 2.75) is 13.0 Å². The Labute approximate surface area is 132 Å². The van der Waals surface area contributed by atoms with Crippen molar-refractivity contribution in [2.24, 2.45) is 0 Å². The molecule has 2 aromatic heterocycles. The minimum Gasteiger partial charge on any atom is -0.350 e. The molecule has 116 valence electrons. The Kier molecular flexibility index (Phi) is 4.14. The van der Waals surface area contributed by atoms with Crippen molar-refractivity contribution >= 4 is 5.91 Å². The van der Waals surface area contributed by atoms with Gasteiger partial charge in [-0.05, 0) is 36.8 Å². The zero-order valence-electron chi connectivity index (χ0n) is 12.4. The fourth-order valence-electron chi connectivity index (χ4n) is 2.17. The fourth-order valence-corrected chi connectivity index (χ4v) is 2.17. The predicted molar refractivity (Wildman–Crippen MR) is 82.0 cm³/mol. The third-order valence-corrected chi connectivity index (χ3v) is 3.41. The van der Waals surface area contributed by atoms with Crippen LogP contribution in [-0.4, -0.2) is 16.0 Å². The number of nitrogens with zero attached hydrogens (tertiary/aromatic N) is 2. The molecule has 0 radical (unpaired) electrons. The second-order valence-corrected chi connectivity index (χ2v) is 5.06. The summed E-state index contributed by atoms with van der Waals surface area (Å²) in [7, 11) is 0. The first-order chi connectivity index (χ1) is 11.1. The Balaban J connectivity index is 1.74. The quantitative estimate of drug-likeness (QED) is 0.802. The summed E-state index contributed by atoms with van der Waals surface area (Å²) in [5.41, 5.74) is 1.89. The Morgan fingerprint density at radius 1 is 1.22 bits per heavy atom. The highest BCUT2D eigenvalue weighted by molar-refractivity contribution is 5.92. The highest BCUT2D eigenvalue weighted by Gasteiger charge is 2.17. The molecule has 0 spiro atoms. The average molecular weight is 311 g/mol. The number of halogens is 1. The van der Waals surface area contributed by atoms with Gasteiger partial charge in [0.1, 0.15) is 11.5 Å². The lowest BCUT2D eigenvalue weighted by Crippen LogP contribution is -2.26. The van der Waals surface area contributed by atoms with Crippen LogP contribution in [0.25, 0.3) is 11.3 Å². The van der Waals surface area contributed by atoms with E-state index in [0.717, 1.165) is 5.56 Å². The first kappa shape index (κ1) is 14.9. The summed E-state index contributed by atoms with van der Waals surface area (Å²) in [4.78, 5) is 16.1. The smallest absolute Gasteiger partial charge is 0.290 e. The largest absolute Gasteiger partial charge is 0.350 e. The Morgan fingerprint density at radius 3 is 2.74 bits per heavy atom. The summed E-state index contributed by atoms with van der Waals surface area (Å²) in [5, 5.41) is 6.63. The lowest BCUT2D eigenvalue weighted by atomic mass is 10.1. The van der Waals surface area contributed by atoms with Crippen LogP contribution in [-0.2, 0) is 0 Å². The molecule has 5 nitrogen and oxygen atoms in total. The van der Waals surface area contributed by atoms with Crippen LogP contribution in [0.4, 0.5) is 4.39 Å². The van der Waals surface area contributed by atoms with Gasteiger partial charge in [0, 0.05) is 24.0 Å². The normalized spacial score (nSPS) is 11.9. The van der Waals surface area contributed by atoms with Gasteiger partial charge in [-0.2, -0.15) is 0 Å². The van der Waals surface area contributed by atoms with E-state index >= 15 is 0 Å². The Hall–Kier alpha value is -3.02. The SMILES string of the molecule is C[C@@H](NC(=O)c1cc(-c2cccc(F)c2)no1)c1ccncc1. The van der Waals surface area contributed by atoms with Crippen molar-refractivity contribution in [3.63, 3.8) is 0 Å². The van der Waals surface area contributed by atoms with E-state index in [1.54, 1.807) is 24.5 Å². The maximum atomic E-state index is 13.2. The molecule has 1 aromatic carbocycles. The molecule has 1 amide bonds. The van der Waals surface area contributed by atoms with E-state index in [1.807, 2.05) is 19.1 Å². The molecular formula is C17H14FN3O2. The average Bonchev–Trinajstić information content (AvgIpc) is 3.06. The van der Waals surface area contributed by atoms with Crippen molar-refractivity contribution in [3.8, 4) is 11.3 Å². The molecule has 0 fully saturated rings. The van der Waals surface area contributed by atoms with Gasteiger partial charge in [0.25, 0.3) is 5.91 Å². The second-order valence-electron chi connectivity index (χ2n) is 5.06. The van der Waals surface area contributed by atoms with Gasteiger partial charge in [-0.25, -0.2) is 4.39 Å². The lowest BCUT2D eigenvalue weighted by molar-refractivity contribution is 0.0902. The highest BCUT2D eigenvalue weighted by atomic mass is 19.1. The second kappa shape index (κ2) is 6.39. The predicted octanol–water partition coefficient (Wildman–Crippen LogP) is 3.37. The molecule has 0 aliphatic carbocycles. The summed E-state index contributed by atoms with van der Waals surface area (Å²) >= 11 is 0. The molecule has 0 saturated carbocycles. The Bertz CT molecular complexity index is 817. The van der Waals surface area contributed by atoms with Crippen LogP contribution in [0.3, 0.4) is 0 Å². The third kappa shape index (κ3) is 3.42. The van der Waals surface area contributed by atoms with Crippen LogP contribution in [0.15, 0.2) is 59.4 Å². The standard InChI is InChI=1S/C17H14FN3O2/c1-11(12-5-7-19-8-6-12)20-17(22)16-10-15(21-23-16)13-3-2-4-14(18)9-13/h2-11H,1H3,(H,20,22)/t11-/m1/s1. The molecule has 3 rings (SSSR count). The van der Waals surface area contributed by atoms with E-state index in [4.69, 9.17) is 4.52 Å². The van der Waals surface area contributed by atoms with Crippen LogP contribution in [0.1, 0.15) is 29.1 Å². The molecule has 0 unspecified atom stereocenters. The Morgan fingerprint density at radius 2 is 2.00 bits per heavy atom. The molecule has 23 heavy (non-hydrogen) atoms. The van der Waals surface area contributed by atoms with Crippen LogP contribution in [0.5, 0.6) is 0 Å². The number of benzene rings is 1. The number of pyridine rings is 1. The topological polar surface area (TPSA) is 68.0 Å². The van der Waals surface area contributed by atoms with E-state index in [9.17, 15) is 9.18 Å². The summed E-state index contributed by atoms with van der Waals surface area (Å²) < 4.78 is 18.3. The van der Waals surface area contributed by atoms with Crippen molar-refractivity contribution in [1.82, 2.24) is 15.5 Å². The van der Waals surface area contributed by atoms with Gasteiger partial charge in [-0.1, -0.05) is 17.3 Å². The number of hydrogen-bond donors (Lipinski definition) is 1. The van der Waals surface area contributed by atoms with Crippen molar-refractivity contribution < 1.29 is 13.7 Å². The number of carbonyl (C=O) groups excluding carboxylic acids is 1. The summed E-state index contributed by atoms with van der Waals surface area (Å²) in [6, 6.07) is 10.9. The molecule has 2 heterocycles. The molecule has 1 atom stereocenters. The van der Waals surface area contributed by atoms with Crippen molar-refractivity contribution in [1.29, 1.82) is 0 Å². The zero-order chi connectivity index (χ0) is 16.2. The van der Waals surface area contributed by atoms with E-state index in [-0.39, 0.29) is 23.5 Å². The molecule has 0 aliphatic rings. The number of carbonyl (C=O) groups is 1. The number of hydrogen-bond acceptors (Lipinski definition) is 4. The number of rotatable bonds is 4. The lowest BCUT2D eigenvalue weighted by Gasteiger charge is -2.12. The van der Waals surface area contributed by atoms with Crippen LogP contribution >= 0.6 is 0 Å². The van der Waals surface area contributed by atoms with E-state index in [0.29, 0.717) is 11.3 Å². The van der Waals surface area contributed by atoms with Crippen molar-refractivity contribution in [2.75, 3.05) is 0 Å². The minimum absolute atomic E-state index is 0.0742. The summed E-state index contributed by atoms with van der Waals surface area (Å²) in [6.07, 6.45) is 3.32. The number of aromatic nitrogens is 2. The molecule has 3 aromatic rings. The summed E-state index contributed by atoms with van der Waals surface area (Å²) in [6.45, 7) is 1.86. The number of amides is 1. The maximum Gasteiger partial charge on any atom is 0.290 e. The molecule has 0 bridgehead atoms. The van der Waals surface area contributed by atoms with Gasteiger partial charge in [-0.3, -0.25) is 9.78 Å². The van der Waals surface area contributed by atoms with Gasteiger partial charge < -0.3 is 9.84 Å². The number of nitrogens with one attached hydrogen (secondary N) is 1. The third-order valence-electron chi connectivity index (χ3n) is 3.41. The fraction of sp³-hybridized carbons (Fsp3) is 0.118. The molecule has 0 saturated heterocycles. The van der Waals surface area contributed by atoms with Gasteiger partial charge in [-0.15, -0.1) is 0 Å². The molecular weight excluding hydrogens is 297 g/mol. The van der Waals surface area contributed by atoms with E-state index in [1.165, 1.54) is 18.2 Å². The zero-order valence-corrected chi connectivity index (χ0v) is 12.4. The van der Waals surface area contributed by atoms with Gasteiger partial charge in [0.05, 0.1) is 6.04 Å². The van der Waals surface area contributed by atoms with Crippen LogP contribution in [0.2, 0.25) is 0 Å². The first-order valence-electron chi connectivity index (χ1n) is 7.07. The van der Waals surface area contributed by atoms with Gasteiger partial charge >= 0.3 is 0 Å².